The van der Waals surface area contributed by atoms with Crippen LogP contribution in [0.25, 0.3) is 0 Å². The number of carbonyl (C=O) groups excluding carboxylic acids is 1. The molecule has 2 unspecified atom stereocenters. The predicted molar refractivity (Wildman–Crippen MR) is 123 cm³/mol. The quantitative estimate of drug-likeness (QED) is 0.735. The summed E-state index contributed by atoms with van der Waals surface area (Å²) < 4.78 is 33.8. The molecule has 1 aliphatic heterocycles. The van der Waals surface area contributed by atoms with E-state index in [1.807, 2.05) is 32.9 Å². The Kier molecular flexibility index (Phi) is 6.76. The monoisotopic (exact) mass is 444 g/mol. The summed E-state index contributed by atoms with van der Waals surface area (Å²) in [6.45, 7) is 10.9. The summed E-state index contributed by atoms with van der Waals surface area (Å²) in [5.41, 5.74) is 4.06. The van der Waals surface area contributed by atoms with E-state index in [1.54, 1.807) is 12.1 Å². The van der Waals surface area contributed by atoms with Crippen molar-refractivity contribution >= 4 is 21.6 Å². The summed E-state index contributed by atoms with van der Waals surface area (Å²) in [6, 6.07) is 8.57. The van der Waals surface area contributed by atoms with Crippen molar-refractivity contribution in [3.8, 4) is 5.75 Å². The Bertz CT molecular complexity index is 1060. The molecular formula is C24H32N2O4S. The molecule has 0 spiro atoms. The minimum absolute atomic E-state index is 0.0290. The van der Waals surface area contributed by atoms with Gasteiger partial charge in [-0.05, 0) is 68.4 Å². The van der Waals surface area contributed by atoms with E-state index < -0.39 is 10.0 Å². The molecule has 3 rings (SSSR count). The van der Waals surface area contributed by atoms with Crippen molar-refractivity contribution in [2.45, 2.75) is 45.9 Å². The van der Waals surface area contributed by atoms with Crippen molar-refractivity contribution in [3.63, 3.8) is 0 Å². The standard InChI is InChI=1S/C24H32N2O4S/c1-15-10-18(4)23(19(5)11-15)25-24(27)20-7-8-21(30-6)22(12-20)31(28,29)26-13-16(2)9-17(3)14-26/h7-8,10-12,16-17H,9,13-14H2,1-6H3,(H,25,27). The van der Waals surface area contributed by atoms with E-state index >= 15 is 0 Å². The van der Waals surface area contributed by atoms with Gasteiger partial charge < -0.3 is 10.1 Å². The Hall–Kier alpha value is -2.38. The van der Waals surface area contributed by atoms with Crippen LogP contribution in [0.15, 0.2) is 35.2 Å². The molecule has 0 radical (unpaired) electrons. The van der Waals surface area contributed by atoms with Gasteiger partial charge in [0.25, 0.3) is 5.91 Å². The van der Waals surface area contributed by atoms with Crippen molar-refractivity contribution in [2.24, 2.45) is 11.8 Å². The molecule has 31 heavy (non-hydrogen) atoms. The molecule has 1 saturated heterocycles. The molecule has 0 aromatic heterocycles. The van der Waals surface area contributed by atoms with E-state index in [4.69, 9.17) is 4.74 Å². The van der Waals surface area contributed by atoms with Crippen LogP contribution in [0.2, 0.25) is 0 Å². The molecule has 2 aromatic carbocycles. The number of amides is 1. The smallest absolute Gasteiger partial charge is 0.255 e. The lowest BCUT2D eigenvalue weighted by Crippen LogP contribution is -2.42. The first-order valence-electron chi connectivity index (χ1n) is 10.6. The fraction of sp³-hybridized carbons (Fsp3) is 0.458. The van der Waals surface area contributed by atoms with Crippen molar-refractivity contribution in [1.82, 2.24) is 4.31 Å². The van der Waals surface area contributed by atoms with Gasteiger partial charge in [-0.2, -0.15) is 4.31 Å². The molecular weight excluding hydrogens is 412 g/mol. The third-order valence-corrected chi connectivity index (χ3v) is 7.65. The number of aryl methyl sites for hydroxylation is 3. The van der Waals surface area contributed by atoms with Crippen molar-refractivity contribution < 1.29 is 17.9 Å². The van der Waals surface area contributed by atoms with Crippen LogP contribution in [0.3, 0.4) is 0 Å². The van der Waals surface area contributed by atoms with E-state index in [0.29, 0.717) is 13.1 Å². The number of carbonyl (C=O) groups is 1. The number of hydrogen-bond donors (Lipinski definition) is 1. The number of rotatable bonds is 5. The number of methoxy groups -OCH3 is 1. The Morgan fingerprint density at radius 2 is 1.61 bits per heavy atom. The van der Waals surface area contributed by atoms with Gasteiger partial charge in [-0.25, -0.2) is 8.42 Å². The number of nitrogens with zero attached hydrogens (tertiary/aromatic N) is 1. The Balaban J connectivity index is 1.96. The molecule has 1 heterocycles. The van der Waals surface area contributed by atoms with Gasteiger partial charge in [0.1, 0.15) is 10.6 Å². The van der Waals surface area contributed by atoms with Crippen LogP contribution >= 0.6 is 0 Å². The van der Waals surface area contributed by atoms with Gasteiger partial charge in [0.2, 0.25) is 10.0 Å². The number of nitrogens with one attached hydrogen (secondary N) is 1. The fourth-order valence-electron chi connectivity index (χ4n) is 4.52. The van der Waals surface area contributed by atoms with E-state index in [2.05, 4.69) is 19.2 Å². The Morgan fingerprint density at radius 1 is 1.03 bits per heavy atom. The average molecular weight is 445 g/mol. The maximum absolute atomic E-state index is 13.5. The van der Waals surface area contributed by atoms with E-state index in [0.717, 1.165) is 28.8 Å². The molecule has 1 amide bonds. The first-order valence-corrected chi connectivity index (χ1v) is 12.0. The van der Waals surface area contributed by atoms with Crippen LogP contribution < -0.4 is 10.1 Å². The minimum Gasteiger partial charge on any atom is -0.495 e. The maximum atomic E-state index is 13.5. The van der Waals surface area contributed by atoms with Gasteiger partial charge in [-0.15, -0.1) is 0 Å². The third-order valence-electron chi connectivity index (χ3n) is 5.79. The molecule has 0 aliphatic carbocycles. The molecule has 1 N–H and O–H groups in total. The van der Waals surface area contributed by atoms with E-state index in [1.165, 1.54) is 17.5 Å². The molecule has 0 saturated carbocycles. The first kappa shape index (κ1) is 23.3. The summed E-state index contributed by atoms with van der Waals surface area (Å²) in [4.78, 5) is 13.0. The molecule has 2 atom stereocenters. The second kappa shape index (κ2) is 9.01. The van der Waals surface area contributed by atoms with Gasteiger partial charge in [-0.1, -0.05) is 31.5 Å². The number of anilines is 1. The summed E-state index contributed by atoms with van der Waals surface area (Å²) in [5, 5.41) is 2.94. The van der Waals surface area contributed by atoms with Crippen LogP contribution in [0.4, 0.5) is 5.69 Å². The van der Waals surface area contributed by atoms with Crippen LogP contribution in [0.5, 0.6) is 5.75 Å². The summed E-state index contributed by atoms with van der Waals surface area (Å²) in [5.74, 6) is 0.451. The van der Waals surface area contributed by atoms with Crippen LogP contribution in [-0.2, 0) is 10.0 Å². The molecule has 0 bridgehead atoms. The molecule has 6 nitrogen and oxygen atoms in total. The molecule has 168 valence electrons. The molecule has 1 fully saturated rings. The van der Waals surface area contributed by atoms with Crippen LogP contribution in [0, 0.1) is 32.6 Å². The normalized spacial score (nSPS) is 19.8. The van der Waals surface area contributed by atoms with Crippen molar-refractivity contribution in [3.05, 3.63) is 52.6 Å². The topological polar surface area (TPSA) is 75.7 Å². The van der Waals surface area contributed by atoms with E-state index in [-0.39, 0.29) is 34.0 Å². The highest BCUT2D eigenvalue weighted by Gasteiger charge is 2.34. The Morgan fingerprint density at radius 3 is 2.16 bits per heavy atom. The second-order valence-corrected chi connectivity index (χ2v) is 10.8. The number of piperidine rings is 1. The van der Waals surface area contributed by atoms with Crippen LogP contribution in [-0.4, -0.2) is 38.8 Å². The number of hydrogen-bond acceptors (Lipinski definition) is 4. The number of ether oxygens (including phenoxy) is 1. The summed E-state index contributed by atoms with van der Waals surface area (Å²) in [6.07, 6.45) is 1.00. The zero-order chi connectivity index (χ0) is 22.9. The zero-order valence-electron chi connectivity index (χ0n) is 19.2. The van der Waals surface area contributed by atoms with Gasteiger partial charge >= 0.3 is 0 Å². The van der Waals surface area contributed by atoms with Crippen molar-refractivity contribution in [2.75, 3.05) is 25.5 Å². The summed E-state index contributed by atoms with van der Waals surface area (Å²) in [7, 11) is -2.35. The molecule has 2 aromatic rings. The van der Waals surface area contributed by atoms with Gasteiger partial charge in [-0.3, -0.25) is 4.79 Å². The molecule has 7 heteroatoms. The number of benzene rings is 2. The lowest BCUT2D eigenvalue weighted by molar-refractivity contribution is 0.102. The van der Waals surface area contributed by atoms with Crippen LogP contribution in [0.1, 0.15) is 47.3 Å². The lowest BCUT2D eigenvalue weighted by atomic mass is 9.94. The van der Waals surface area contributed by atoms with Gasteiger partial charge in [0, 0.05) is 24.3 Å². The fourth-order valence-corrected chi connectivity index (χ4v) is 6.38. The SMILES string of the molecule is COc1ccc(C(=O)Nc2c(C)cc(C)cc2C)cc1S(=O)(=O)N1CC(C)CC(C)C1. The molecule has 1 aliphatic rings. The summed E-state index contributed by atoms with van der Waals surface area (Å²) >= 11 is 0. The first-order chi connectivity index (χ1) is 14.5. The highest BCUT2D eigenvalue weighted by atomic mass is 32.2. The predicted octanol–water partition coefficient (Wildman–Crippen LogP) is 4.54. The lowest BCUT2D eigenvalue weighted by Gasteiger charge is -2.34. The van der Waals surface area contributed by atoms with Gasteiger partial charge in [0.05, 0.1) is 7.11 Å². The maximum Gasteiger partial charge on any atom is 0.255 e. The Labute approximate surface area is 185 Å². The number of sulfonamides is 1. The van der Waals surface area contributed by atoms with Crippen molar-refractivity contribution in [1.29, 1.82) is 0 Å². The highest BCUT2D eigenvalue weighted by molar-refractivity contribution is 7.89. The highest BCUT2D eigenvalue weighted by Crippen LogP contribution is 2.32. The minimum atomic E-state index is -3.79. The largest absolute Gasteiger partial charge is 0.495 e. The van der Waals surface area contributed by atoms with E-state index in [9.17, 15) is 13.2 Å². The zero-order valence-corrected chi connectivity index (χ0v) is 20.0. The second-order valence-electron chi connectivity index (χ2n) is 8.86. The average Bonchev–Trinajstić information content (AvgIpc) is 2.69. The van der Waals surface area contributed by atoms with Gasteiger partial charge in [0.15, 0.2) is 0 Å². The third kappa shape index (κ3) is 4.93.